The fourth-order valence-electron chi connectivity index (χ4n) is 8.21. The van der Waals surface area contributed by atoms with Gasteiger partial charge >= 0.3 is 18.4 Å². The Kier molecular flexibility index (Phi) is 12.0. The van der Waals surface area contributed by atoms with Crippen molar-refractivity contribution in [3.63, 3.8) is 0 Å². The van der Waals surface area contributed by atoms with Crippen molar-refractivity contribution in [2.24, 2.45) is 17.8 Å². The summed E-state index contributed by atoms with van der Waals surface area (Å²) in [5.74, 6) is -8.45. The Morgan fingerprint density at radius 2 is 1.69 bits per heavy atom. The number of hydrogen-bond acceptors (Lipinski definition) is 10. The summed E-state index contributed by atoms with van der Waals surface area (Å²) in [6.45, 7) is 4.86. The number of nitrogens with one attached hydrogen (secondary N) is 2. The fourth-order valence-corrected chi connectivity index (χ4v) is 9.52. The summed E-state index contributed by atoms with van der Waals surface area (Å²) in [6, 6.07) is -2.37. The van der Waals surface area contributed by atoms with E-state index in [1.54, 1.807) is 19.1 Å². The molecule has 0 radical (unpaired) electrons. The van der Waals surface area contributed by atoms with Gasteiger partial charge in [-0.1, -0.05) is 26.0 Å². The molecule has 3 fully saturated rings. The molecule has 3 N–H and O–H groups in total. The molecular weight excluding hydrogens is 862 g/mol. The molecule has 2 aliphatic carbocycles. The van der Waals surface area contributed by atoms with Crippen LogP contribution in [0.3, 0.4) is 0 Å². The van der Waals surface area contributed by atoms with E-state index < -0.39 is 134 Å². The SMILES string of the molecule is COc1cc2nc(O[C@@H]3C[C@H]4C(=O)N[C@]5(C(=O)NS(=O)(=O)C6(C)CC6)C[C@H]5/C=C\CC[C@H](C)C[C@@H](C)[C@H](N(C(=O)O)C(C)(C)C(F)(F)F)C(=O)N4C3)c(C(F)(F)F)nc2cc1F. The number of aromatic nitrogens is 2. The number of allylic oxidation sites excluding steroid dienone is 1. The summed E-state index contributed by atoms with van der Waals surface area (Å²) in [5.41, 5.74) is -7.71. The van der Waals surface area contributed by atoms with E-state index in [2.05, 4.69) is 20.0 Å². The smallest absolute Gasteiger partial charge is 0.438 e. The third-order valence-electron chi connectivity index (χ3n) is 12.4. The Labute approximate surface area is 351 Å². The molecule has 2 saturated carbocycles. The maximum Gasteiger partial charge on any atom is 0.438 e. The van der Waals surface area contributed by atoms with E-state index in [1.807, 2.05) is 0 Å². The van der Waals surface area contributed by atoms with Gasteiger partial charge in [0, 0.05) is 24.5 Å². The van der Waals surface area contributed by atoms with Crippen LogP contribution in [0, 0.1) is 23.6 Å². The number of fused-ring (bicyclic) bond motifs is 3. The van der Waals surface area contributed by atoms with Crippen LogP contribution in [0.1, 0.15) is 85.3 Å². The molecule has 2 aliphatic heterocycles. The van der Waals surface area contributed by atoms with E-state index in [0.29, 0.717) is 37.7 Å². The number of nitrogens with zero attached hydrogens (tertiary/aromatic N) is 4. The van der Waals surface area contributed by atoms with Crippen LogP contribution >= 0.6 is 0 Å². The number of carboxylic acid groups (broad SMARTS) is 1. The van der Waals surface area contributed by atoms with Crippen molar-refractivity contribution in [3.8, 4) is 11.6 Å². The molecular formula is C39H47F7N6O9S. The molecule has 62 heavy (non-hydrogen) atoms. The molecule has 7 atom stereocenters. The standard InChI is InChI=1S/C39H47F7N6O9S/c1-19-9-7-8-10-21-17-37(21,33(55)50-62(58,59)36(5)11-12-36)49-30(53)26-14-22(61-31-29(38(41,42)43)47-24-15-23(40)27(60-6)16-25(24)48-31)18-51(26)32(54)28(20(2)13-19)52(34(56)57)35(3,4)39(44,45)46/h8,10,15-16,19-22,26,28H,7,9,11-14,17-18H2,1-6H3,(H,49,53)(H,50,55)(H,56,57)/b10-8-/t19-,20+,21+,22+,26-,28-,37+/m0/s1. The van der Waals surface area contributed by atoms with Gasteiger partial charge in [-0.05, 0) is 71.1 Å². The van der Waals surface area contributed by atoms with Crippen LogP contribution in [-0.2, 0) is 30.6 Å². The summed E-state index contributed by atoms with van der Waals surface area (Å²) in [4.78, 5) is 64.4. The average Bonchev–Trinajstić information content (AvgIpc) is 4.03. The summed E-state index contributed by atoms with van der Waals surface area (Å²) < 4.78 is 140. The predicted octanol–water partition coefficient (Wildman–Crippen LogP) is 5.72. The predicted molar refractivity (Wildman–Crippen MR) is 204 cm³/mol. The Balaban J connectivity index is 1.46. The molecule has 15 nitrogen and oxygen atoms in total. The van der Waals surface area contributed by atoms with E-state index in [1.165, 1.54) is 13.8 Å². The van der Waals surface area contributed by atoms with Gasteiger partial charge in [0.25, 0.3) is 5.91 Å². The quantitative estimate of drug-likeness (QED) is 0.217. The van der Waals surface area contributed by atoms with E-state index in [0.717, 1.165) is 13.2 Å². The number of carbonyl (C=O) groups is 4. The second-order valence-electron chi connectivity index (χ2n) is 17.5. The monoisotopic (exact) mass is 908 g/mol. The highest BCUT2D eigenvalue weighted by molar-refractivity contribution is 7.91. The third-order valence-corrected chi connectivity index (χ3v) is 14.6. The van der Waals surface area contributed by atoms with E-state index >= 15 is 0 Å². The number of sulfonamides is 1. The Hall–Kier alpha value is -4.96. The minimum absolute atomic E-state index is 0.00464. The van der Waals surface area contributed by atoms with Crippen LogP contribution in [0.25, 0.3) is 11.0 Å². The zero-order valence-electron chi connectivity index (χ0n) is 34.5. The third kappa shape index (κ3) is 8.69. The molecule has 3 heterocycles. The number of benzene rings is 1. The van der Waals surface area contributed by atoms with Crippen molar-refractivity contribution in [1.29, 1.82) is 0 Å². The van der Waals surface area contributed by atoms with E-state index in [-0.39, 0.29) is 42.0 Å². The van der Waals surface area contributed by atoms with Gasteiger partial charge in [0.2, 0.25) is 33.4 Å². The molecule has 23 heteroatoms. The molecule has 6 rings (SSSR count). The second-order valence-corrected chi connectivity index (χ2v) is 19.7. The lowest BCUT2D eigenvalue weighted by molar-refractivity contribution is -0.222. The summed E-state index contributed by atoms with van der Waals surface area (Å²) in [6.07, 6.45) is -10.5. The first kappa shape index (κ1) is 46.5. The minimum Gasteiger partial charge on any atom is -0.494 e. The van der Waals surface area contributed by atoms with E-state index in [4.69, 9.17) is 9.47 Å². The molecule has 2 aromatic rings. The summed E-state index contributed by atoms with van der Waals surface area (Å²) >= 11 is 0. The van der Waals surface area contributed by atoms with Crippen LogP contribution in [0.15, 0.2) is 24.3 Å². The molecule has 0 bridgehead atoms. The lowest BCUT2D eigenvalue weighted by atomic mass is 9.85. The molecule has 342 valence electrons. The van der Waals surface area contributed by atoms with Crippen LogP contribution < -0.4 is 19.5 Å². The lowest BCUT2D eigenvalue weighted by Gasteiger charge is -2.45. The zero-order chi connectivity index (χ0) is 46.1. The molecule has 1 aromatic carbocycles. The van der Waals surface area contributed by atoms with Crippen molar-refractivity contribution in [2.75, 3.05) is 13.7 Å². The maximum atomic E-state index is 14.9. The van der Waals surface area contributed by atoms with E-state index in [9.17, 15) is 63.4 Å². The van der Waals surface area contributed by atoms with Gasteiger partial charge in [-0.2, -0.15) is 26.3 Å². The van der Waals surface area contributed by atoms with Crippen molar-refractivity contribution in [3.05, 3.63) is 35.8 Å². The zero-order valence-corrected chi connectivity index (χ0v) is 35.3. The number of rotatable bonds is 8. The first-order chi connectivity index (χ1) is 28.6. The molecule has 4 amide bonds. The van der Waals surface area contributed by atoms with Gasteiger partial charge in [0.1, 0.15) is 29.3 Å². The van der Waals surface area contributed by atoms with Crippen molar-refractivity contribution >= 4 is 44.9 Å². The molecule has 1 saturated heterocycles. The van der Waals surface area contributed by atoms with Crippen LogP contribution in [-0.4, -0.2) is 111 Å². The van der Waals surface area contributed by atoms with Crippen molar-refractivity contribution < 1.29 is 72.9 Å². The lowest BCUT2D eigenvalue weighted by Crippen LogP contribution is -2.66. The number of alkyl halides is 6. The first-order valence-corrected chi connectivity index (χ1v) is 21.3. The number of carbonyl (C=O) groups excluding carboxylic acids is 3. The van der Waals surface area contributed by atoms with Gasteiger partial charge in [0.15, 0.2) is 11.6 Å². The average molecular weight is 909 g/mol. The highest BCUT2D eigenvalue weighted by Gasteiger charge is 2.64. The van der Waals surface area contributed by atoms with Crippen molar-refractivity contribution in [2.45, 2.75) is 126 Å². The first-order valence-electron chi connectivity index (χ1n) is 19.8. The Bertz CT molecular complexity index is 2290. The normalized spacial score (nSPS) is 28.7. The number of hydrogen-bond donors (Lipinski definition) is 3. The van der Waals surface area contributed by atoms with Gasteiger partial charge < -0.3 is 24.8 Å². The van der Waals surface area contributed by atoms with Gasteiger partial charge in [-0.15, -0.1) is 0 Å². The molecule has 4 aliphatic rings. The van der Waals surface area contributed by atoms with Crippen LogP contribution in [0.5, 0.6) is 11.6 Å². The minimum atomic E-state index is -5.27. The summed E-state index contributed by atoms with van der Waals surface area (Å²) in [7, 11) is -3.15. The summed E-state index contributed by atoms with van der Waals surface area (Å²) in [5, 5.41) is 12.9. The van der Waals surface area contributed by atoms with Crippen molar-refractivity contribution in [1.82, 2.24) is 29.8 Å². The van der Waals surface area contributed by atoms with Crippen LogP contribution in [0.2, 0.25) is 0 Å². The van der Waals surface area contributed by atoms with Gasteiger partial charge in [-0.25, -0.2) is 27.6 Å². The second kappa shape index (κ2) is 16.0. The molecule has 0 unspecified atom stereocenters. The topological polar surface area (TPSA) is 197 Å². The van der Waals surface area contributed by atoms with Gasteiger partial charge in [0.05, 0.1) is 29.4 Å². The Morgan fingerprint density at radius 3 is 2.27 bits per heavy atom. The molecule has 1 aromatic heterocycles. The highest BCUT2D eigenvalue weighted by atomic mass is 32.2. The van der Waals surface area contributed by atoms with Gasteiger partial charge in [-0.3, -0.25) is 24.0 Å². The fraction of sp³-hybridized carbons (Fsp3) is 0.641. The Morgan fingerprint density at radius 1 is 1.05 bits per heavy atom. The maximum absolute atomic E-state index is 14.9. The number of ether oxygens (including phenoxy) is 2. The number of halogens is 7. The largest absolute Gasteiger partial charge is 0.494 e. The number of methoxy groups -OCH3 is 1. The number of amides is 4. The van der Waals surface area contributed by atoms with Crippen LogP contribution in [0.4, 0.5) is 35.5 Å². The molecule has 0 spiro atoms. The highest BCUT2D eigenvalue weighted by Crippen LogP contribution is 2.48.